The van der Waals surface area contributed by atoms with Crippen LogP contribution >= 0.6 is 0 Å². The van der Waals surface area contributed by atoms with Gasteiger partial charge in [-0.15, -0.1) is 0 Å². The van der Waals surface area contributed by atoms with Crippen LogP contribution in [0.5, 0.6) is 5.75 Å². The SMILES string of the molecule is CCN(CC1Cc2ccccc2O1)C1(CN)CCCCC1. The Morgan fingerprint density at radius 1 is 1.24 bits per heavy atom. The van der Waals surface area contributed by atoms with E-state index >= 15 is 0 Å². The van der Waals surface area contributed by atoms with Gasteiger partial charge in [-0.25, -0.2) is 0 Å². The van der Waals surface area contributed by atoms with Gasteiger partial charge in [0.2, 0.25) is 0 Å². The summed E-state index contributed by atoms with van der Waals surface area (Å²) in [6, 6.07) is 8.43. The Labute approximate surface area is 128 Å². The van der Waals surface area contributed by atoms with E-state index in [1.807, 2.05) is 0 Å². The van der Waals surface area contributed by atoms with Gasteiger partial charge in [0.05, 0.1) is 0 Å². The number of para-hydroxylation sites is 1. The molecule has 1 fully saturated rings. The number of hydrogen-bond donors (Lipinski definition) is 1. The Morgan fingerprint density at radius 3 is 2.67 bits per heavy atom. The fraction of sp³-hybridized carbons (Fsp3) is 0.667. The zero-order valence-electron chi connectivity index (χ0n) is 13.2. The van der Waals surface area contributed by atoms with Crippen LogP contribution in [0.3, 0.4) is 0 Å². The van der Waals surface area contributed by atoms with Crippen molar-refractivity contribution in [1.29, 1.82) is 0 Å². The highest BCUT2D eigenvalue weighted by Crippen LogP contribution is 2.35. The standard InChI is InChI=1S/C18H28N2O/c1-2-20(18(14-19)10-6-3-7-11-18)13-16-12-15-8-4-5-9-17(15)21-16/h4-5,8-9,16H,2-3,6-7,10-14,19H2,1H3. The molecule has 0 aromatic heterocycles. The average Bonchev–Trinajstić information content (AvgIpc) is 2.95. The van der Waals surface area contributed by atoms with Crippen molar-refractivity contribution in [3.63, 3.8) is 0 Å². The van der Waals surface area contributed by atoms with Gasteiger partial charge in [-0.05, 0) is 31.0 Å². The third-order valence-electron chi connectivity index (χ3n) is 5.35. The summed E-state index contributed by atoms with van der Waals surface area (Å²) in [4.78, 5) is 2.60. The minimum absolute atomic E-state index is 0.213. The molecule has 1 aromatic carbocycles. The van der Waals surface area contributed by atoms with E-state index in [0.717, 1.165) is 31.8 Å². The van der Waals surface area contributed by atoms with Crippen LogP contribution < -0.4 is 10.5 Å². The molecule has 1 atom stereocenters. The fourth-order valence-electron chi connectivity index (χ4n) is 4.12. The van der Waals surface area contributed by atoms with Crippen molar-refractivity contribution in [1.82, 2.24) is 4.90 Å². The lowest BCUT2D eigenvalue weighted by Gasteiger charge is -2.46. The highest BCUT2D eigenvalue weighted by Gasteiger charge is 2.38. The summed E-state index contributed by atoms with van der Waals surface area (Å²) in [5.41, 5.74) is 7.76. The number of benzene rings is 1. The topological polar surface area (TPSA) is 38.5 Å². The maximum Gasteiger partial charge on any atom is 0.123 e. The highest BCUT2D eigenvalue weighted by atomic mass is 16.5. The number of fused-ring (bicyclic) bond motifs is 1. The van der Waals surface area contributed by atoms with Crippen molar-refractivity contribution in [2.75, 3.05) is 19.6 Å². The largest absolute Gasteiger partial charge is 0.488 e. The Bertz CT molecular complexity index is 443. The van der Waals surface area contributed by atoms with Crippen LogP contribution in [0.1, 0.15) is 44.6 Å². The van der Waals surface area contributed by atoms with E-state index < -0.39 is 0 Å². The number of hydrogen-bond acceptors (Lipinski definition) is 3. The van der Waals surface area contributed by atoms with Gasteiger partial charge >= 0.3 is 0 Å². The molecule has 0 amide bonds. The number of rotatable bonds is 5. The quantitative estimate of drug-likeness (QED) is 0.905. The molecule has 1 aromatic rings. The Kier molecular flexibility index (Phi) is 4.51. The monoisotopic (exact) mass is 288 g/mol. The molecule has 116 valence electrons. The third kappa shape index (κ3) is 2.95. The first-order valence-corrected chi connectivity index (χ1v) is 8.47. The van der Waals surface area contributed by atoms with Crippen molar-refractivity contribution in [3.8, 4) is 5.75 Å². The van der Waals surface area contributed by atoms with Crippen LogP contribution in [-0.2, 0) is 6.42 Å². The zero-order valence-corrected chi connectivity index (χ0v) is 13.2. The van der Waals surface area contributed by atoms with E-state index in [0.29, 0.717) is 0 Å². The van der Waals surface area contributed by atoms with Gasteiger partial charge in [0.1, 0.15) is 11.9 Å². The Hall–Kier alpha value is -1.06. The number of likely N-dealkylation sites (N-methyl/N-ethyl adjacent to an activating group) is 1. The van der Waals surface area contributed by atoms with Gasteiger partial charge in [0.15, 0.2) is 0 Å². The second-order valence-corrected chi connectivity index (χ2v) is 6.58. The third-order valence-corrected chi connectivity index (χ3v) is 5.35. The van der Waals surface area contributed by atoms with Crippen LogP contribution in [0.2, 0.25) is 0 Å². The molecule has 0 radical (unpaired) electrons. The molecule has 1 aliphatic carbocycles. The summed E-state index contributed by atoms with van der Waals surface area (Å²) >= 11 is 0. The number of ether oxygens (including phenoxy) is 1. The normalized spacial score (nSPS) is 23.9. The van der Waals surface area contributed by atoms with Crippen LogP contribution in [0, 0.1) is 0 Å². The van der Waals surface area contributed by atoms with E-state index in [1.54, 1.807) is 0 Å². The molecule has 0 saturated heterocycles. The first kappa shape index (κ1) is 14.9. The van der Waals surface area contributed by atoms with E-state index in [-0.39, 0.29) is 11.6 Å². The van der Waals surface area contributed by atoms with Crippen molar-refractivity contribution in [3.05, 3.63) is 29.8 Å². The van der Waals surface area contributed by atoms with Gasteiger partial charge < -0.3 is 10.5 Å². The smallest absolute Gasteiger partial charge is 0.123 e. The van der Waals surface area contributed by atoms with Crippen LogP contribution in [-0.4, -0.2) is 36.2 Å². The fourth-order valence-corrected chi connectivity index (χ4v) is 4.12. The van der Waals surface area contributed by atoms with Gasteiger partial charge in [-0.2, -0.15) is 0 Å². The number of nitrogens with zero attached hydrogens (tertiary/aromatic N) is 1. The van der Waals surface area contributed by atoms with Crippen molar-refractivity contribution >= 4 is 0 Å². The molecular formula is C18H28N2O. The molecule has 1 unspecified atom stereocenters. The van der Waals surface area contributed by atoms with Crippen LogP contribution in [0.25, 0.3) is 0 Å². The summed E-state index contributed by atoms with van der Waals surface area (Å²) < 4.78 is 6.14. The van der Waals surface area contributed by atoms with E-state index in [2.05, 4.69) is 36.1 Å². The van der Waals surface area contributed by atoms with E-state index in [9.17, 15) is 0 Å². The molecule has 0 spiro atoms. The summed E-state index contributed by atoms with van der Waals surface area (Å²) in [5, 5.41) is 0. The molecule has 2 N–H and O–H groups in total. The van der Waals surface area contributed by atoms with E-state index in [4.69, 9.17) is 10.5 Å². The first-order valence-electron chi connectivity index (χ1n) is 8.47. The van der Waals surface area contributed by atoms with Gasteiger partial charge in [-0.1, -0.05) is 44.4 Å². The molecule has 2 aliphatic rings. The average molecular weight is 288 g/mol. The van der Waals surface area contributed by atoms with Crippen LogP contribution in [0.4, 0.5) is 0 Å². The second kappa shape index (κ2) is 6.37. The Balaban J connectivity index is 1.68. The summed E-state index contributed by atoms with van der Waals surface area (Å²) in [7, 11) is 0. The van der Waals surface area contributed by atoms with Crippen molar-refractivity contribution < 1.29 is 4.74 Å². The predicted molar refractivity (Wildman–Crippen MR) is 86.7 cm³/mol. The maximum absolute atomic E-state index is 6.19. The lowest BCUT2D eigenvalue weighted by molar-refractivity contribution is 0.0309. The lowest BCUT2D eigenvalue weighted by atomic mass is 9.80. The molecule has 3 rings (SSSR count). The highest BCUT2D eigenvalue weighted by molar-refractivity contribution is 5.37. The molecule has 0 bridgehead atoms. The van der Waals surface area contributed by atoms with Gasteiger partial charge in [0, 0.05) is 25.0 Å². The molecule has 3 nitrogen and oxygen atoms in total. The first-order chi connectivity index (χ1) is 10.3. The number of nitrogens with two attached hydrogens (primary N) is 1. The van der Waals surface area contributed by atoms with E-state index in [1.165, 1.54) is 37.7 Å². The lowest BCUT2D eigenvalue weighted by Crippen LogP contribution is -2.57. The van der Waals surface area contributed by atoms with Crippen molar-refractivity contribution in [2.45, 2.75) is 57.1 Å². The maximum atomic E-state index is 6.19. The molecule has 1 saturated carbocycles. The molecule has 1 heterocycles. The minimum atomic E-state index is 0.213. The van der Waals surface area contributed by atoms with Gasteiger partial charge in [0.25, 0.3) is 0 Å². The Morgan fingerprint density at radius 2 is 2.00 bits per heavy atom. The van der Waals surface area contributed by atoms with Gasteiger partial charge in [-0.3, -0.25) is 4.90 Å². The second-order valence-electron chi connectivity index (χ2n) is 6.58. The minimum Gasteiger partial charge on any atom is -0.488 e. The predicted octanol–water partition coefficient (Wildman–Crippen LogP) is 2.97. The summed E-state index contributed by atoms with van der Waals surface area (Å²) in [6.45, 7) is 5.10. The van der Waals surface area contributed by atoms with Crippen LogP contribution in [0.15, 0.2) is 24.3 Å². The molecule has 21 heavy (non-hydrogen) atoms. The van der Waals surface area contributed by atoms with Crippen molar-refractivity contribution in [2.24, 2.45) is 5.73 Å². The summed E-state index contributed by atoms with van der Waals surface area (Å²) in [5.74, 6) is 1.07. The summed E-state index contributed by atoms with van der Waals surface area (Å²) in [6.07, 6.45) is 7.82. The molecule has 3 heteroatoms. The molecular weight excluding hydrogens is 260 g/mol. The zero-order chi connectivity index (χ0) is 14.7. The molecule has 1 aliphatic heterocycles.